The summed E-state index contributed by atoms with van der Waals surface area (Å²) in [4.78, 5) is 31.7. The van der Waals surface area contributed by atoms with E-state index in [4.69, 9.17) is 19.0 Å². The molecule has 1 N–H and O–H groups in total. The maximum atomic E-state index is 12.5. The Labute approximate surface area is 190 Å². The molecule has 9 heteroatoms. The van der Waals surface area contributed by atoms with Crippen molar-refractivity contribution in [1.82, 2.24) is 10.2 Å². The summed E-state index contributed by atoms with van der Waals surface area (Å²) >= 11 is 0. The van der Waals surface area contributed by atoms with Crippen LogP contribution in [0.5, 0.6) is 5.75 Å². The maximum absolute atomic E-state index is 12.5. The fraction of sp³-hybridized carbons (Fsp3) is 0.609. The van der Waals surface area contributed by atoms with Crippen LogP contribution in [-0.4, -0.2) is 60.7 Å². The summed E-state index contributed by atoms with van der Waals surface area (Å²) in [5.41, 5.74) is 0.383. The van der Waals surface area contributed by atoms with Gasteiger partial charge in [0.05, 0.1) is 19.4 Å². The third-order valence-corrected chi connectivity index (χ3v) is 4.38. The normalized spacial score (nSPS) is 17.8. The number of hydrogen-bond acceptors (Lipinski definition) is 7. The first-order valence-corrected chi connectivity index (χ1v) is 10.6. The van der Waals surface area contributed by atoms with Gasteiger partial charge in [-0.15, -0.1) is 0 Å². The number of carbonyl (C=O) groups excluding carboxylic acids is 2. The molecule has 1 aromatic carbocycles. The second kappa shape index (κ2) is 10.6. The second-order valence-electron chi connectivity index (χ2n) is 9.64. The van der Waals surface area contributed by atoms with Crippen molar-refractivity contribution in [3.8, 4) is 5.75 Å². The van der Waals surface area contributed by atoms with Gasteiger partial charge in [0, 0.05) is 19.0 Å². The van der Waals surface area contributed by atoms with Gasteiger partial charge in [0.1, 0.15) is 23.6 Å². The Morgan fingerprint density at radius 1 is 1.06 bits per heavy atom. The van der Waals surface area contributed by atoms with E-state index < -0.39 is 23.4 Å². The predicted molar refractivity (Wildman–Crippen MR) is 121 cm³/mol. The molecular weight excluding hydrogens is 414 g/mol. The van der Waals surface area contributed by atoms with Crippen molar-refractivity contribution in [1.29, 1.82) is 0 Å². The number of nitrogens with zero attached hydrogens (tertiary/aromatic N) is 2. The molecule has 32 heavy (non-hydrogen) atoms. The fourth-order valence-corrected chi connectivity index (χ4v) is 2.94. The molecule has 1 aliphatic rings. The number of alkyl carbamates (subject to hydrolysis) is 1. The largest absolute Gasteiger partial charge is 0.497 e. The zero-order valence-electron chi connectivity index (χ0n) is 20.1. The lowest BCUT2D eigenvalue weighted by Gasteiger charge is -2.24. The molecule has 2 amide bonds. The Kier molecular flexibility index (Phi) is 8.35. The molecule has 9 nitrogen and oxygen atoms in total. The van der Waals surface area contributed by atoms with E-state index in [1.807, 2.05) is 45.0 Å². The van der Waals surface area contributed by atoms with Crippen LogP contribution in [-0.2, 0) is 20.9 Å². The number of rotatable bonds is 6. The molecular formula is C23H35N3O6. The highest BCUT2D eigenvalue weighted by molar-refractivity contribution is 5.94. The number of oxime groups is 1. The lowest BCUT2D eigenvalue weighted by molar-refractivity contribution is 0.0292. The highest BCUT2D eigenvalue weighted by atomic mass is 16.6. The van der Waals surface area contributed by atoms with E-state index in [0.29, 0.717) is 12.3 Å². The van der Waals surface area contributed by atoms with Gasteiger partial charge in [0.15, 0.2) is 0 Å². The zero-order valence-corrected chi connectivity index (χ0v) is 20.1. The molecule has 0 aliphatic carbocycles. The van der Waals surface area contributed by atoms with Gasteiger partial charge in [-0.1, -0.05) is 17.3 Å². The Morgan fingerprint density at radius 3 is 2.25 bits per heavy atom. The minimum atomic E-state index is -0.605. The van der Waals surface area contributed by atoms with Crippen molar-refractivity contribution in [3.05, 3.63) is 29.8 Å². The summed E-state index contributed by atoms with van der Waals surface area (Å²) in [6.45, 7) is 12.0. The van der Waals surface area contributed by atoms with E-state index in [9.17, 15) is 9.59 Å². The van der Waals surface area contributed by atoms with Gasteiger partial charge in [-0.05, 0) is 59.2 Å². The number of hydrogen-bond donors (Lipinski definition) is 1. The van der Waals surface area contributed by atoms with E-state index >= 15 is 0 Å². The van der Waals surface area contributed by atoms with Crippen molar-refractivity contribution in [3.63, 3.8) is 0 Å². The average molecular weight is 450 g/mol. The van der Waals surface area contributed by atoms with Gasteiger partial charge in [0.25, 0.3) is 0 Å². The molecule has 0 radical (unpaired) electrons. The van der Waals surface area contributed by atoms with Crippen LogP contribution in [0.25, 0.3) is 0 Å². The lowest BCUT2D eigenvalue weighted by atomic mass is 10.1. The molecule has 1 saturated heterocycles. The van der Waals surface area contributed by atoms with Crippen LogP contribution in [0, 0.1) is 5.92 Å². The third kappa shape index (κ3) is 8.64. The number of carbonyl (C=O) groups is 2. The quantitative estimate of drug-likeness (QED) is 0.660. The van der Waals surface area contributed by atoms with Gasteiger partial charge >= 0.3 is 12.2 Å². The second-order valence-corrected chi connectivity index (χ2v) is 9.64. The molecule has 0 saturated carbocycles. The molecule has 1 heterocycles. The molecule has 0 bridgehead atoms. The Hall–Kier alpha value is -2.97. The maximum Gasteiger partial charge on any atom is 0.410 e. The number of ether oxygens (including phenoxy) is 3. The number of nitrogens with one attached hydrogen (secondary N) is 1. The van der Waals surface area contributed by atoms with Gasteiger partial charge in [-0.2, -0.15) is 0 Å². The standard InChI is InChI=1S/C23H35N3O6/c1-22(2,3)31-20(27)24-12-17-13-26(21(28)32-23(4,5)6)14-19(17)25-30-15-16-8-10-18(29-7)11-9-16/h8-11,17H,12-15H2,1-7H3,(H,24,27)/b25-19+. The highest BCUT2D eigenvalue weighted by Gasteiger charge is 2.35. The Balaban J connectivity index is 2.03. The zero-order chi connectivity index (χ0) is 23.9. The van der Waals surface area contributed by atoms with Gasteiger partial charge < -0.3 is 29.3 Å². The van der Waals surface area contributed by atoms with E-state index in [1.165, 1.54) is 0 Å². The van der Waals surface area contributed by atoms with Crippen molar-refractivity contribution in [2.75, 3.05) is 26.7 Å². The highest BCUT2D eigenvalue weighted by Crippen LogP contribution is 2.19. The lowest BCUT2D eigenvalue weighted by Crippen LogP contribution is -2.38. The van der Waals surface area contributed by atoms with E-state index in [2.05, 4.69) is 10.5 Å². The monoisotopic (exact) mass is 449 g/mol. The first-order chi connectivity index (χ1) is 14.9. The van der Waals surface area contributed by atoms with E-state index in [0.717, 1.165) is 11.3 Å². The number of benzene rings is 1. The van der Waals surface area contributed by atoms with Crippen LogP contribution in [0.1, 0.15) is 47.1 Å². The molecule has 1 fully saturated rings. The van der Waals surface area contributed by atoms with E-state index in [1.54, 1.807) is 32.8 Å². The smallest absolute Gasteiger partial charge is 0.410 e. The van der Waals surface area contributed by atoms with Crippen molar-refractivity contribution < 1.29 is 28.6 Å². The Morgan fingerprint density at radius 2 is 1.69 bits per heavy atom. The third-order valence-electron chi connectivity index (χ3n) is 4.38. The fourth-order valence-electron chi connectivity index (χ4n) is 2.94. The first-order valence-electron chi connectivity index (χ1n) is 10.6. The first kappa shape index (κ1) is 25.3. The summed E-state index contributed by atoms with van der Waals surface area (Å²) in [6, 6.07) is 7.48. The summed E-state index contributed by atoms with van der Waals surface area (Å²) in [5.74, 6) is 0.544. The van der Waals surface area contributed by atoms with Crippen LogP contribution >= 0.6 is 0 Å². The molecule has 1 unspecified atom stereocenters. The van der Waals surface area contributed by atoms with Crippen LogP contribution in [0.3, 0.4) is 0 Å². The topological polar surface area (TPSA) is 98.7 Å². The van der Waals surface area contributed by atoms with Crippen LogP contribution in [0.2, 0.25) is 0 Å². The molecule has 178 valence electrons. The van der Waals surface area contributed by atoms with Gasteiger partial charge in [0.2, 0.25) is 0 Å². The predicted octanol–water partition coefficient (Wildman–Crippen LogP) is 3.96. The Bertz CT molecular complexity index is 809. The van der Waals surface area contributed by atoms with Crippen molar-refractivity contribution in [2.24, 2.45) is 11.1 Å². The van der Waals surface area contributed by atoms with Crippen molar-refractivity contribution in [2.45, 2.75) is 59.4 Å². The summed E-state index contributed by atoms with van der Waals surface area (Å²) in [6.07, 6.45) is -0.952. The molecule has 0 aromatic heterocycles. The summed E-state index contributed by atoms with van der Waals surface area (Å²) in [5, 5.41) is 7.02. The molecule has 2 rings (SSSR count). The van der Waals surface area contributed by atoms with Crippen LogP contribution in [0.15, 0.2) is 29.4 Å². The average Bonchev–Trinajstić information content (AvgIpc) is 3.07. The minimum absolute atomic E-state index is 0.217. The number of amides is 2. The van der Waals surface area contributed by atoms with Gasteiger partial charge in [-0.3, -0.25) is 0 Å². The number of likely N-dealkylation sites (tertiary alicyclic amines) is 1. The summed E-state index contributed by atoms with van der Waals surface area (Å²) < 4.78 is 15.9. The molecule has 1 aromatic rings. The minimum Gasteiger partial charge on any atom is -0.497 e. The molecule has 0 spiro atoms. The van der Waals surface area contributed by atoms with Gasteiger partial charge in [-0.25, -0.2) is 9.59 Å². The van der Waals surface area contributed by atoms with Crippen LogP contribution < -0.4 is 10.1 Å². The SMILES string of the molecule is COc1ccc(CO/N=C2\CN(C(=O)OC(C)(C)C)CC2CNC(=O)OC(C)(C)C)cc1. The summed E-state index contributed by atoms with van der Waals surface area (Å²) in [7, 11) is 1.61. The molecule has 1 aliphatic heterocycles. The van der Waals surface area contributed by atoms with Crippen LogP contribution in [0.4, 0.5) is 9.59 Å². The number of methoxy groups -OCH3 is 1. The van der Waals surface area contributed by atoms with Crippen molar-refractivity contribution >= 4 is 17.9 Å². The van der Waals surface area contributed by atoms with E-state index in [-0.39, 0.29) is 25.6 Å². The molecule has 1 atom stereocenters.